The van der Waals surface area contributed by atoms with Gasteiger partial charge in [-0.05, 0) is 51.2 Å². The van der Waals surface area contributed by atoms with Crippen LogP contribution in [-0.2, 0) is 4.12 Å². The number of hydrogen-bond donors (Lipinski definition) is 0. The molecule has 0 aliphatic rings. The molecule has 0 N–H and O–H groups in total. The van der Waals surface area contributed by atoms with Gasteiger partial charge in [0.1, 0.15) is 0 Å². The second kappa shape index (κ2) is 7.14. The van der Waals surface area contributed by atoms with E-state index in [1.54, 1.807) is 13.8 Å². The largest absolute Gasteiger partial charge is 0.573 e. The zero-order valence-electron chi connectivity index (χ0n) is 13.6. The van der Waals surface area contributed by atoms with E-state index in [1.165, 1.54) is 0 Å². The third-order valence-corrected chi connectivity index (χ3v) is 8.04. The van der Waals surface area contributed by atoms with Crippen LogP contribution in [0.15, 0.2) is 17.3 Å². The summed E-state index contributed by atoms with van der Waals surface area (Å²) in [6.07, 6.45) is -5.08. The van der Waals surface area contributed by atoms with Gasteiger partial charge in [-0.25, -0.2) is 4.39 Å². The molecule has 0 unspecified atom stereocenters. The Balaban J connectivity index is 3.11. The molecule has 0 aliphatic heterocycles. The Morgan fingerprint density at radius 2 is 1.61 bits per heavy atom. The lowest BCUT2D eigenvalue weighted by Gasteiger charge is -2.19. The van der Waals surface area contributed by atoms with Crippen LogP contribution in [0.1, 0.15) is 19.4 Å². The summed E-state index contributed by atoms with van der Waals surface area (Å²) >= 11 is 0. The third kappa shape index (κ3) is 6.07. The monoisotopic (exact) mass is 370 g/mol. The van der Waals surface area contributed by atoms with Crippen LogP contribution in [0.2, 0.25) is 19.6 Å². The Morgan fingerprint density at radius 1 is 1.04 bits per heavy atom. The van der Waals surface area contributed by atoms with Crippen LogP contribution in [0.4, 0.5) is 22.0 Å². The van der Waals surface area contributed by atoms with E-state index in [-0.39, 0.29) is 5.56 Å². The van der Waals surface area contributed by atoms with E-state index in [2.05, 4.69) is 4.74 Å². The second-order valence-electron chi connectivity index (χ2n) is 6.09. The SMILES string of the molecule is CC([SiH2]O[Si](C)(C)C)=C(C)c1ccc(OC(F)(F)F)c(F)c1F. The number of halogens is 5. The van der Waals surface area contributed by atoms with Crippen molar-refractivity contribution in [2.24, 2.45) is 0 Å². The van der Waals surface area contributed by atoms with Gasteiger partial charge in [0.2, 0.25) is 5.82 Å². The van der Waals surface area contributed by atoms with Crippen molar-refractivity contribution >= 4 is 23.7 Å². The Morgan fingerprint density at radius 3 is 2.09 bits per heavy atom. The zero-order chi connectivity index (χ0) is 18.0. The molecular formula is C14H19F5O2Si2. The molecule has 0 fully saturated rings. The fourth-order valence-electron chi connectivity index (χ4n) is 1.69. The molecule has 0 spiro atoms. The minimum Gasteiger partial charge on any atom is -0.457 e. The van der Waals surface area contributed by atoms with Gasteiger partial charge in [0.05, 0.1) is 0 Å². The predicted molar refractivity (Wildman–Crippen MR) is 84.3 cm³/mol. The Kier molecular flexibility index (Phi) is 6.16. The van der Waals surface area contributed by atoms with E-state index < -0.39 is 41.8 Å². The first-order chi connectivity index (χ1) is 10.3. The van der Waals surface area contributed by atoms with Crippen LogP contribution in [0.25, 0.3) is 5.57 Å². The zero-order valence-corrected chi connectivity index (χ0v) is 16.0. The highest BCUT2D eigenvalue weighted by Gasteiger charge is 2.33. The molecule has 0 atom stereocenters. The standard InChI is InChI=1S/C14H19F5O2Si2/c1-8(9(2)22-21-23(3,4)5)10-6-7-11(13(16)12(10)15)20-14(17,18)19/h6-7H,22H2,1-5H3. The van der Waals surface area contributed by atoms with Gasteiger partial charge in [0.25, 0.3) is 0 Å². The van der Waals surface area contributed by atoms with Crippen LogP contribution in [0.3, 0.4) is 0 Å². The molecule has 0 aliphatic carbocycles. The number of alkyl halides is 3. The molecule has 0 radical (unpaired) electrons. The molecule has 0 amide bonds. The number of allylic oxidation sites excluding steroid dienone is 2. The highest BCUT2D eigenvalue weighted by Crippen LogP contribution is 2.31. The molecule has 9 heteroatoms. The molecule has 0 saturated carbocycles. The second-order valence-corrected chi connectivity index (χ2v) is 12.8. The van der Waals surface area contributed by atoms with Gasteiger partial charge in [-0.1, -0.05) is 5.20 Å². The number of benzene rings is 1. The van der Waals surface area contributed by atoms with Crippen LogP contribution in [0, 0.1) is 11.6 Å². The van der Waals surface area contributed by atoms with Gasteiger partial charge in [-0.3, -0.25) is 0 Å². The molecule has 2 nitrogen and oxygen atoms in total. The number of rotatable bonds is 5. The van der Waals surface area contributed by atoms with Gasteiger partial charge in [-0.15, -0.1) is 13.2 Å². The lowest BCUT2D eigenvalue weighted by molar-refractivity contribution is -0.275. The van der Waals surface area contributed by atoms with E-state index in [9.17, 15) is 22.0 Å². The van der Waals surface area contributed by atoms with Crippen molar-refractivity contribution in [2.45, 2.75) is 39.9 Å². The summed E-state index contributed by atoms with van der Waals surface area (Å²) in [5.41, 5.74) is 0.395. The fraction of sp³-hybridized carbons (Fsp3) is 0.429. The van der Waals surface area contributed by atoms with E-state index in [0.717, 1.165) is 17.3 Å². The normalized spacial score (nSPS) is 14.3. The average Bonchev–Trinajstić information content (AvgIpc) is 2.38. The van der Waals surface area contributed by atoms with E-state index in [1.807, 2.05) is 19.6 Å². The van der Waals surface area contributed by atoms with E-state index in [4.69, 9.17) is 4.12 Å². The molecule has 1 rings (SSSR count). The van der Waals surface area contributed by atoms with Gasteiger partial charge in [0.15, 0.2) is 29.6 Å². The van der Waals surface area contributed by atoms with Gasteiger partial charge in [-0.2, -0.15) is 4.39 Å². The Labute approximate surface area is 135 Å². The molecule has 1 aromatic rings. The van der Waals surface area contributed by atoms with Crippen molar-refractivity contribution in [1.82, 2.24) is 0 Å². The summed E-state index contributed by atoms with van der Waals surface area (Å²) in [7, 11) is -2.80. The maximum Gasteiger partial charge on any atom is 0.573 e. The summed E-state index contributed by atoms with van der Waals surface area (Å²) in [5.74, 6) is -4.19. The predicted octanol–water partition coefficient (Wildman–Crippen LogP) is 4.55. The van der Waals surface area contributed by atoms with Crippen molar-refractivity contribution in [3.8, 4) is 5.75 Å². The topological polar surface area (TPSA) is 18.5 Å². The van der Waals surface area contributed by atoms with Crippen LogP contribution < -0.4 is 4.74 Å². The summed E-state index contributed by atoms with van der Waals surface area (Å²) in [6.45, 7) is 9.42. The molecular weight excluding hydrogens is 351 g/mol. The van der Waals surface area contributed by atoms with E-state index >= 15 is 0 Å². The number of ether oxygens (including phenoxy) is 1. The van der Waals surface area contributed by atoms with Crippen LogP contribution in [-0.4, -0.2) is 24.4 Å². The third-order valence-electron chi connectivity index (χ3n) is 3.04. The molecule has 0 heterocycles. The first-order valence-corrected chi connectivity index (χ1v) is 11.6. The first-order valence-electron chi connectivity index (χ1n) is 6.86. The van der Waals surface area contributed by atoms with Crippen molar-refractivity contribution in [1.29, 1.82) is 0 Å². The highest BCUT2D eigenvalue weighted by atomic mass is 28.4. The maximum atomic E-state index is 14.0. The molecule has 0 saturated heterocycles. The van der Waals surface area contributed by atoms with Crippen LogP contribution in [0.5, 0.6) is 5.75 Å². The Hall–Kier alpha value is -1.20. The summed E-state index contributed by atoms with van der Waals surface area (Å²) < 4.78 is 73.5. The van der Waals surface area contributed by atoms with Crippen molar-refractivity contribution in [2.75, 3.05) is 0 Å². The smallest absolute Gasteiger partial charge is 0.457 e. The molecule has 0 bridgehead atoms. The minimum absolute atomic E-state index is 0.0822. The van der Waals surface area contributed by atoms with Crippen molar-refractivity contribution in [3.05, 3.63) is 34.5 Å². The number of hydrogen-bond acceptors (Lipinski definition) is 2. The Bertz CT molecular complexity index is 606. The maximum absolute atomic E-state index is 14.0. The summed E-state index contributed by atoms with van der Waals surface area (Å²) in [5, 5.41) is 0.815. The first kappa shape index (κ1) is 19.8. The van der Waals surface area contributed by atoms with Gasteiger partial charge >= 0.3 is 6.36 Å². The highest BCUT2D eigenvalue weighted by molar-refractivity contribution is 6.74. The quantitative estimate of drug-likeness (QED) is 0.559. The molecule has 1 aromatic carbocycles. The molecule has 130 valence electrons. The molecule has 23 heavy (non-hydrogen) atoms. The van der Waals surface area contributed by atoms with E-state index in [0.29, 0.717) is 5.57 Å². The molecule has 0 aromatic heterocycles. The van der Waals surface area contributed by atoms with Crippen molar-refractivity contribution < 1.29 is 30.8 Å². The average molecular weight is 370 g/mol. The van der Waals surface area contributed by atoms with Crippen molar-refractivity contribution in [3.63, 3.8) is 0 Å². The lowest BCUT2D eigenvalue weighted by Crippen LogP contribution is -2.28. The fourth-order valence-corrected chi connectivity index (χ4v) is 4.69. The summed E-state index contributed by atoms with van der Waals surface area (Å²) in [6, 6.07) is 1.86. The van der Waals surface area contributed by atoms with Gasteiger partial charge < -0.3 is 8.85 Å². The summed E-state index contributed by atoms with van der Waals surface area (Å²) in [4.78, 5) is 0. The van der Waals surface area contributed by atoms with Gasteiger partial charge in [0, 0.05) is 5.56 Å². The minimum atomic E-state index is -5.08. The van der Waals surface area contributed by atoms with Crippen LogP contribution >= 0.6 is 0 Å². The lowest BCUT2D eigenvalue weighted by atomic mass is 10.1.